The summed E-state index contributed by atoms with van der Waals surface area (Å²) in [6, 6.07) is 14.4. The third-order valence-electron chi connectivity index (χ3n) is 5.87. The molecule has 0 aromatic heterocycles. The molecule has 0 fully saturated rings. The minimum atomic E-state index is -1.35. The number of anilines is 1. The predicted octanol–water partition coefficient (Wildman–Crippen LogP) is 7.29. The average Bonchev–Trinajstić information content (AvgIpc) is 3.19. The second kappa shape index (κ2) is 12.5. The van der Waals surface area contributed by atoms with Crippen molar-refractivity contribution in [2.45, 2.75) is 26.3 Å². The number of fused-ring (bicyclic) bond motifs is 1. The van der Waals surface area contributed by atoms with Gasteiger partial charge in [0, 0.05) is 5.69 Å². The number of ether oxygens (including phenoxy) is 2. The Balaban J connectivity index is 1.43. The number of benzene rings is 3. The lowest BCUT2D eigenvalue weighted by atomic mass is 10.0. The summed E-state index contributed by atoms with van der Waals surface area (Å²) >= 11 is 24.6. The highest BCUT2D eigenvalue weighted by Crippen LogP contribution is 2.45. The van der Waals surface area contributed by atoms with Crippen molar-refractivity contribution in [3.05, 3.63) is 85.8 Å². The maximum atomic E-state index is 13.3. The van der Waals surface area contributed by atoms with Gasteiger partial charge >= 0.3 is 5.97 Å². The zero-order valence-electron chi connectivity index (χ0n) is 21.2. The summed E-state index contributed by atoms with van der Waals surface area (Å²) in [5, 5.41) is 1.75. The molecular weight excluding hydrogens is 602 g/mol. The second-order valence-corrected chi connectivity index (χ2v) is 10.7. The van der Waals surface area contributed by atoms with Gasteiger partial charge in [-0.25, -0.2) is 4.79 Å². The van der Waals surface area contributed by atoms with Gasteiger partial charge in [0.25, 0.3) is 17.7 Å². The highest BCUT2D eigenvalue weighted by Gasteiger charge is 2.47. The van der Waals surface area contributed by atoms with Crippen LogP contribution in [-0.2, 0) is 14.3 Å². The summed E-state index contributed by atoms with van der Waals surface area (Å²) < 4.78 is 10.9. The van der Waals surface area contributed by atoms with Gasteiger partial charge in [0.1, 0.15) is 17.5 Å². The quantitative estimate of drug-likeness (QED) is 0.116. The molecule has 8 nitrogen and oxygen atoms in total. The summed E-state index contributed by atoms with van der Waals surface area (Å²) in [6.45, 7) is 2.94. The molecule has 0 unspecified atom stereocenters. The standard InChI is InChI=1S/C28H22Cl4N2O6/c1-14(2)12-18(34-26(36)20-21(27(34)37)23(30)25(32)24(31)22(20)29)28(38)39-13-19(35)33-15-8-10-17(11-9-15)40-16-6-4-3-5-7-16/h3-11,14,18H,12-13H2,1-2H3,(H,33,35)/t18-/m0/s1. The van der Waals surface area contributed by atoms with E-state index in [1.807, 2.05) is 30.3 Å². The Hall–Kier alpha value is -3.30. The monoisotopic (exact) mass is 622 g/mol. The Morgan fingerprint density at radius 2 is 1.32 bits per heavy atom. The van der Waals surface area contributed by atoms with E-state index in [4.69, 9.17) is 55.9 Å². The largest absolute Gasteiger partial charge is 0.457 e. The molecule has 1 heterocycles. The molecule has 0 saturated carbocycles. The van der Waals surface area contributed by atoms with Gasteiger partial charge in [-0.05, 0) is 48.7 Å². The molecule has 0 radical (unpaired) electrons. The number of imide groups is 1. The number of hydrogen-bond donors (Lipinski definition) is 1. The molecule has 1 N–H and O–H groups in total. The third-order valence-corrected chi connectivity index (χ3v) is 7.68. The van der Waals surface area contributed by atoms with E-state index in [9.17, 15) is 19.2 Å². The molecule has 208 valence electrons. The van der Waals surface area contributed by atoms with Crippen LogP contribution < -0.4 is 10.1 Å². The summed E-state index contributed by atoms with van der Waals surface area (Å²) in [5.41, 5.74) is -0.0475. The number of halogens is 4. The number of esters is 1. The van der Waals surface area contributed by atoms with Gasteiger partial charge in [-0.2, -0.15) is 0 Å². The number of nitrogens with one attached hydrogen (secondary N) is 1. The van der Waals surface area contributed by atoms with E-state index in [1.54, 1.807) is 38.1 Å². The molecule has 3 aromatic rings. The Bertz CT molecular complexity index is 1430. The molecule has 0 aliphatic carbocycles. The lowest BCUT2D eigenvalue weighted by Gasteiger charge is -2.26. The van der Waals surface area contributed by atoms with Crippen molar-refractivity contribution in [3.63, 3.8) is 0 Å². The fourth-order valence-electron chi connectivity index (χ4n) is 4.06. The van der Waals surface area contributed by atoms with Gasteiger partial charge in [-0.1, -0.05) is 78.5 Å². The maximum absolute atomic E-state index is 13.3. The number of hydrogen-bond acceptors (Lipinski definition) is 6. The smallest absolute Gasteiger partial charge is 0.329 e. The highest BCUT2D eigenvalue weighted by atomic mass is 35.5. The first-order valence-corrected chi connectivity index (χ1v) is 13.5. The van der Waals surface area contributed by atoms with Gasteiger partial charge in [0.2, 0.25) is 0 Å². The first-order chi connectivity index (χ1) is 19.0. The number of carbonyl (C=O) groups excluding carboxylic acids is 4. The van der Waals surface area contributed by atoms with Crippen LogP contribution in [0.15, 0.2) is 54.6 Å². The highest BCUT2D eigenvalue weighted by molar-refractivity contribution is 6.55. The topological polar surface area (TPSA) is 102 Å². The van der Waals surface area contributed by atoms with Gasteiger partial charge in [0.15, 0.2) is 6.61 Å². The number of para-hydroxylation sites is 1. The zero-order chi connectivity index (χ0) is 29.1. The molecule has 1 aliphatic rings. The molecule has 1 atom stereocenters. The number of rotatable bonds is 9. The van der Waals surface area contributed by atoms with Gasteiger partial charge < -0.3 is 14.8 Å². The minimum Gasteiger partial charge on any atom is -0.457 e. The minimum absolute atomic E-state index is 0.0610. The van der Waals surface area contributed by atoms with Crippen molar-refractivity contribution in [2.75, 3.05) is 11.9 Å². The van der Waals surface area contributed by atoms with Crippen LogP contribution in [0.2, 0.25) is 20.1 Å². The molecule has 0 bridgehead atoms. The van der Waals surface area contributed by atoms with E-state index in [0.29, 0.717) is 17.2 Å². The Kier molecular flexibility index (Phi) is 9.26. The lowest BCUT2D eigenvalue weighted by molar-refractivity contribution is -0.151. The molecule has 3 aromatic carbocycles. The van der Waals surface area contributed by atoms with Gasteiger partial charge in [-0.3, -0.25) is 19.3 Å². The molecule has 12 heteroatoms. The molecule has 40 heavy (non-hydrogen) atoms. The first-order valence-electron chi connectivity index (χ1n) is 12.0. The second-order valence-electron chi connectivity index (χ2n) is 9.23. The number of carbonyl (C=O) groups is 4. The summed E-state index contributed by atoms with van der Waals surface area (Å²) in [6.07, 6.45) is 0.0610. The fourth-order valence-corrected chi connectivity index (χ4v) is 5.08. The van der Waals surface area contributed by atoms with E-state index >= 15 is 0 Å². The van der Waals surface area contributed by atoms with Crippen molar-refractivity contribution in [1.29, 1.82) is 0 Å². The Labute approximate surface area is 250 Å². The van der Waals surface area contributed by atoms with Crippen LogP contribution in [0.3, 0.4) is 0 Å². The SMILES string of the molecule is CC(C)C[C@@H](C(=O)OCC(=O)Nc1ccc(Oc2ccccc2)cc1)N1C(=O)c2c(Cl)c(Cl)c(Cl)c(Cl)c2C1=O. The molecule has 1 aliphatic heterocycles. The van der Waals surface area contributed by atoms with E-state index in [0.717, 1.165) is 4.90 Å². The van der Waals surface area contributed by atoms with Crippen LogP contribution in [0, 0.1) is 5.92 Å². The van der Waals surface area contributed by atoms with Gasteiger partial charge in [-0.15, -0.1) is 0 Å². The summed E-state index contributed by atoms with van der Waals surface area (Å²) in [5.74, 6) is -2.21. The molecular formula is C28H22Cl4N2O6. The van der Waals surface area contributed by atoms with E-state index < -0.39 is 36.3 Å². The van der Waals surface area contributed by atoms with Crippen LogP contribution in [0.25, 0.3) is 0 Å². The maximum Gasteiger partial charge on any atom is 0.329 e. The van der Waals surface area contributed by atoms with E-state index in [2.05, 4.69) is 5.32 Å². The van der Waals surface area contributed by atoms with Crippen LogP contribution in [0.1, 0.15) is 41.0 Å². The molecule has 4 rings (SSSR count). The van der Waals surface area contributed by atoms with Crippen molar-refractivity contribution in [2.24, 2.45) is 5.92 Å². The zero-order valence-corrected chi connectivity index (χ0v) is 24.2. The summed E-state index contributed by atoms with van der Waals surface area (Å²) in [7, 11) is 0. The van der Waals surface area contributed by atoms with Crippen molar-refractivity contribution >= 4 is 75.8 Å². The summed E-state index contributed by atoms with van der Waals surface area (Å²) in [4.78, 5) is 52.8. The van der Waals surface area contributed by atoms with Crippen molar-refractivity contribution in [3.8, 4) is 11.5 Å². The molecule has 0 spiro atoms. The fraction of sp³-hybridized carbons (Fsp3) is 0.214. The van der Waals surface area contributed by atoms with Crippen molar-refractivity contribution in [1.82, 2.24) is 4.90 Å². The van der Waals surface area contributed by atoms with Crippen LogP contribution in [0.4, 0.5) is 5.69 Å². The lowest BCUT2D eigenvalue weighted by Crippen LogP contribution is -2.47. The predicted molar refractivity (Wildman–Crippen MR) is 153 cm³/mol. The average molecular weight is 624 g/mol. The Morgan fingerprint density at radius 1 is 0.800 bits per heavy atom. The normalized spacial score (nSPS) is 13.3. The van der Waals surface area contributed by atoms with Crippen molar-refractivity contribution < 1.29 is 28.7 Å². The van der Waals surface area contributed by atoms with Crippen LogP contribution in [-0.4, -0.2) is 41.2 Å². The van der Waals surface area contributed by atoms with E-state index in [1.165, 1.54) is 0 Å². The number of amides is 3. The van der Waals surface area contributed by atoms with Gasteiger partial charge in [0.05, 0.1) is 31.2 Å². The van der Waals surface area contributed by atoms with Crippen LogP contribution >= 0.6 is 46.4 Å². The first kappa shape index (κ1) is 29.7. The molecule has 0 saturated heterocycles. The molecule has 3 amide bonds. The van der Waals surface area contributed by atoms with Crippen LogP contribution in [0.5, 0.6) is 11.5 Å². The van der Waals surface area contributed by atoms with E-state index in [-0.39, 0.29) is 43.6 Å². The third kappa shape index (κ3) is 6.20. The number of nitrogens with zero attached hydrogens (tertiary/aromatic N) is 1. The Morgan fingerprint density at radius 3 is 1.85 bits per heavy atom.